The fourth-order valence-corrected chi connectivity index (χ4v) is 2.31. The van der Waals surface area contributed by atoms with Gasteiger partial charge < -0.3 is 15.2 Å². The zero-order valence-electron chi connectivity index (χ0n) is 12.3. The number of carbonyl (C=O) groups excluding carboxylic acids is 1. The Morgan fingerprint density at radius 1 is 1.44 bits per heavy atom. The molecule has 0 radical (unpaired) electrons. The molecule has 1 fully saturated rings. The molecule has 5 nitrogen and oxygen atoms in total. The summed E-state index contributed by atoms with van der Waals surface area (Å²) in [6.07, 6.45) is 0.117. The van der Waals surface area contributed by atoms with Crippen molar-refractivity contribution in [2.45, 2.75) is 71.4 Å². The minimum absolute atomic E-state index is 0.135. The molecule has 1 rings (SSSR count). The van der Waals surface area contributed by atoms with Crippen molar-refractivity contribution in [2.75, 3.05) is 6.61 Å². The molecule has 2 N–H and O–H groups in total. The van der Waals surface area contributed by atoms with Crippen molar-refractivity contribution in [1.82, 2.24) is 4.90 Å². The van der Waals surface area contributed by atoms with Crippen LogP contribution in [0.1, 0.15) is 48.0 Å². The molecule has 0 bridgehead atoms. The average molecular weight is 258 g/mol. The quantitative estimate of drug-likeness (QED) is 0.842. The summed E-state index contributed by atoms with van der Waals surface area (Å²) in [5.41, 5.74) is 4.86. The predicted molar refractivity (Wildman–Crippen MR) is 70.2 cm³/mol. The van der Waals surface area contributed by atoms with Crippen molar-refractivity contribution < 1.29 is 14.3 Å². The summed E-state index contributed by atoms with van der Waals surface area (Å²) in [7, 11) is 0. The van der Waals surface area contributed by atoms with Gasteiger partial charge in [-0.05, 0) is 41.0 Å². The molecule has 106 valence electrons. The molecular weight excluding hydrogens is 232 g/mol. The van der Waals surface area contributed by atoms with Gasteiger partial charge in [0.25, 0.3) is 0 Å². The smallest absolute Gasteiger partial charge is 0.412 e. The van der Waals surface area contributed by atoms with E-state index in [1.807, 2.05) is 41.5 Å². The molecule has 0 aromatic carbocycles. The van der Waals surface area contributed by atoms with E-state index in [9.17, 15) is 4.79 Å². The summed E-state index contributed by atoms with van der Waals surface area (Å²) in [4.78, 5) is 13.9. The highest BCUT2D eigenvalue weighted by atomic mass is 16.6. The van der Waals surface area contributed by atoms with Gasteiger partial charge in [0.05, 0.1) is 12.1 Å². The maximum atomic E-state index is 12.3. The van der Waals surface area contributed by atoms with Gasteiger partial charge >= 0.3 is 6.09 Å². The lowest BCUT2D eigenvalue weighted by atomic mass is 10.0. The van der Waals surface area contributed by atoms with Crippen LogP contribution in [0.5, 0.6) is 0 Å². The lowest BCUT2D eigenvalue weighted by molar-refractivity contribution is -0.0587. The molecule has 0 spiro atoms. The van der Waals surface area contributed by atoms with Crippen LogP contribution in [0.4, 0.5) is 4.79 Å². The number of nitrogens with zero attached hydrogens (tertiary/aromatic N) is 1. The summed E-state index contributed by atoms with van der Waals surface area (Å²) in [6, 6.07) is -0.135. The summed E-state index contributed by atoms with van der Waals surface area (Å²) < 4.78 is 11.1. The van der Waals surface area contributed by atoms with E-state index in [4.69, 9.17) is 15.2 Å². The molecule has 1 saturated heterocycles. The van der Waals surface area contributed by atoms with Gasteiger partial charge in [-0.3, -0.25) is 4.90 Å². The highest BCUT2D eigenvalue weighted by Crippen LogP contribution is 2.35. The Kier molecular flexibility index (Phi) is 4.28. The van der Waals surface area contributed by atoms with E-state index in [0.29, 0.717) is 6.61 Å². The highest BCUT2D eigenvalue weighted by molar-refractivity contribution is 5.70. The average Bonchev–Trinajstić information content (AvgIpc) is 2.46. The Morgan fingerprint density at radius 2 is 2.00 bits per heavy atom. The van der Waals surface area contributed by atoms with Crippen LogP contribution in [0, 0.1) is 0 Å². The van der Waals surface area contributed by atoms with Gasteiger partial charge in [0.15, 0.2) is 0 Å². The maximum absolute atomic E-state index is 12.3. The van der Waals surface area contributed by atoms with Crippen molar-refractivity contribution in [3.8, 4) is 0 Å². The van der Waals surface area contributed by atoms with Crippen LogP contribution in [-0.2, 0) is 9.47 Å². The second kappa shape index (κ2) is 5.05. The maximum Gasteiger partial charge on any atom is 0.412 e. The van der Waals surface area contributed by atoms with Crippen LogP contribution in [0.25, 0.3) is 0 Å². The van der Waals surface area contributed by atoms with Gasteiger partial charge in [0.1, 0.15) is 11.8 Å². The van der Waals surface area contributed by atoms with E-state index in [1.54, 1.807) is 4.90 Å². The van der Waals surface area contributed by atoms with Crippen molar-refractivity contribution in [3.63, 3.8) is 0 Å². The summed E-state index contributed by atoms with van der Waals surface area (Å²) in [5.74, 6) is 0. The van der Waals surface area contributed by atoms with Crippen molar-refractivity contribution in [2.24, 2.45) is 5.73 Å². The first-order chi connectivity index (χ1) is 8.12. The minimum atomic E-state index is -0.642. The summed E-state index contributed by atoms with van der Waals surface area (Å²) in [6.45, 7) is 12.0. The second-order valence-electron chi connectivity index (χ2n) is 6.04. The first-order valence-corrected chi connectivity index (χ1v) is 6.52. The Morgan fingerprint density at radius 3 is 2.39 bits per heavy atom. The van der Waals surface area contributed by atoms with Crippen LogP contribution in [0.2, 0.25) is 0 Å². The Hall–Kier alpha value is -0.810. The fraction of sp³-hybridized carbons (Fsp3) is 0.923. The van der Waals surface area contributed by atoms with E-state index in [0.717, 1.165) is 6.42 Å². The van der Waals surface area contributed by atoms with Gasteiger partial charge in [0, 0.05) is 6.04 Å². The highest BCUT2D eigenvalue weighted by Gasteiger charge is 2.50. The van der Waals surface area contributed by atoms with Crippen LogP contribution in [0.3, 0.4) is 0 Å². The fourth-order valence-electron chi connectivity index (χ4n) is 2.31. The van der Waals surface area contributed by atoms with Gasteiger partial charge in [-0.1, -0.05) is 6.92 Å². The standard InChI is InChI=1S/C13H26N2O3/c1-7-10(14)9(2)18-11(16)15-12(3,4)8-17-13(15,5)6/h9-10H,7-8,14H2,1-6H3/t9-,10+/m0/s1. The molecule has 2 atom stereocenters. The monoisotopic (exact) mass is 258 g/mol. The molecule has 0 aromatic rings. The number of amides is 1. The lowest BCUT2D eigenvalue weighted by Gasteiger charge is -2.37. The van der Waals surface area contributed by atoms with Crippen molar-refractivity contribution >= 4 is 6.09 Å². The first-order valence-electron chi connectivity index (χ1n) is 6.52. The van der Waals surface area contributed by atoms with Crippen LogP contribution >= 0.6 is 0 Å². The molecule has 0 aromatic heterocycles. The predicted octanol–water partition coefficient (Wildman–Crippen LogP) is 2.10. The molecule has 0 unspecified atom stereocenters. The van der Waals surface area contributed by atoms with Crippen molar-refractivity contribution in [1.29, 1.82) is 0 Å². The number of hydrogen-bond donors (Lipinski definition) is 1. The zero-order chi connectivity index (χ0) is 14.1. The van der Waals surface area contributed by atoms with Gasteiger partial charge in [-0.15, -0.1) is 0 Å². The number of hydrogen-bond acceptors (Lipinski definition) is 4. The van der Waals surface area contributed by atoms with Crippen molar-refractivity contribution in [3.05, 3.63) is 0 Å². The Balaban J connectivity index is 2.77. The van der Waals surface area contributed by atoms with E-state index in [-0.39, 0.29) is 23.8 Å². The number of rotatable bonds is 3. The molecule has 0 aliphatic carbocycles. The third-order valence-corrected chi connectivity index (χ3v) is 3.47. The number of ether oxygens (including phenoxy) is 2. The summed E-state index contributed by atoms with van der Waals surface area (Å²) >= 11 is 0. The molecule has 0 saturated carbocycles. The lowest BCUT2D eigenvalue weighted by Crippen LogP contribution is -2.54. The number of carbonyl (C=O) groups is 1. The molecule has 1 aliphatic rings. The normalized spacial score (nSPS) is 24.7. The zero-order valence-corrected chi connectivity index (χ0v) is 12.3. The van der Waals surface area contributed by atoms with Gasteiger partial charge in [0.2, 0.25) is 0 Å². The third kappa shape index (κ3) is 2.95. The van der Waals surface area contributed by atoms with E-state index >= 15 is 0 Å². The molecule has 5 heteroatoms. The molecule has 1 heterocycles. The molecule has 18 heavy (non-hydrogen) atoms. The topological polar surface area (TPSA) is 64.8 Å². The second-order valence-corrected chi connectivity index (χ2v) is 6.04. The van der Waals surface area contributed by atoms with Crippen LogP contribution < -0.4 is 5.73 Å². The minimum Gasteiger partial charge on any atom is -0.445 e. The van der Waals surface area contributed by atoms with E-state index in [1.165, 1.54) is 0 Å². The summed E-state index contributed by atoms with van der Waals surface area (Å²) in [5, 5.41) is 0. The SMILES string of the molecule is CC[C@@H](N)[C@H](C)OC(=O)N1C(C)(C)COC1(C)C. The van der Waals surface area contributed by atoms with Gasteiger partial charge in [-0.2, -0.15) is 0 Å². The van der Waals surface area contributed by atoms with Gasteiger partial charge in [-0.25, -0.2) is 4.79 Å². The molecular formula is C13H26N2O3. The van der Waals surface area contributed by atoms with Crippen LogP contribution in [0.15, 0.2) is 0 Å². The third-order valence-electron chi connectivity index (χ3n) is 3.47. The Bertz CT molecular complexity index is 299. The molecule has 1 amide bonds. The number of nitrogens with two attached hydrogens (primary N) is 1. The first kappa shape index (κ1) is 15.2. The largest absolute Gasteiger partial charge is 0.445 e. The van der Waals surface area contributed by atoms with Crippen LogP contribution in [-0.4, -0.2) is 41.0 Å². The molecule has 1 aliphatic heterocycles. The Labute approximate surface area is 110 Å². The van der Waals surface area contributed by atoms with E-state index in [2.05, 4.69) is 0 Å². The van der Waals surface area contributed by atoms with E-state index < -0.39 is 5.72 Å².